The number of hydrogen-bond acceptors (Lipinski definition) is 5. The summed E-state index contributed by atoms with van der Waals surface area (Å²) in [6.45, 7) is 0. The highest BCUT2D eigenvalue weighted by atomic mass is 19.4. The molecule has 6 nitrogen and oxygen atoms in total. The molecule has 0 unspecified atom stereocenters. The Labute approximate surface area is 152 Å². The first kappa shape index (κ1) is 20.2. The Hall–Kier alpha value is -3.07. The van der Waals surface area contributed by atoms with Crippen molar-refractivity contribution in [3.8, 4) is 22.6 Å². The van der Waals surface area contributed by atoms with Crippen LogP contribution in [-0.2, 0) is 15.1 Å². The van der Waals surface area contributed by atoms with Crippen molar-refractivity contribution in [1.82, 2.24) is 0 Å². The Bertz CT molecular complexity index is 836. The van der Waals surface area contributed by atoms with Gasteiger partial charge in [0, 0.05) is 0 Å². The number of alkyl halides is 3. The van der Waals surface area contributed by atoms with Gasteiger partial charge in [-0.05, 0) is 23.3 Å². The average molecular weight is 383 g/mol. The predicted molar refractivity (Wildman–Crippen MR) is 89.3 cm³/mol. The van der Waals surface area contributed by atoms with Gasteiger partial charge in [0.2, 0.25) is 0 Å². The van der Waals surface area contributed by atoms with Gasteiger partial charge in [0.15, 0.2) is 0 Å². The number of aliphatic carboxylic acids is 1. The molecule has 144 valence electrons. The van der Waals surface area contributed by atoms with Crippen LogP contribution in [0.5, 0.6) is 11.5 Å². The van der Waals surface area contributed by atoms with E-state index in [1.165, 1.54) is 43.5 Å². The highest BCUT2D eigenvalue weighted by Crippen LogP contribution is 2.41. The Morgan fingerprint density at radius 1 is 1.15 bits per heavy atom. The second-order valence-electron chi connectivity index (χ2n) is 5.69. The number of benzene rings is 2. The maximum atomic E-state index is 12.7. The van der Waals surface area contributed by atoms with E-state index in [0.717, 1.165) is 6.07 Å². The number of carbonyl (C=O) groups excluding carboxylic acids is 1. The minimum Gasteiger partial charge on any atom is -0.496 e. The summed E-state index contributed by atoms with van der Waals surface area (Å²) in [5, 5.41) is 8.91. The lowest BCUT2D eigenvalue weighted by atomic mass is 9.88. The number of hydrogen-bond donors (Lipinski definition) is 2. The third-order valence-corrected chi connectivity index (χ3v) is 3.80. The first-order valence-electron chi connectivity index (χ1n) is 7.60. The van der Waals surface area contributed by atoms with Crippen LogP contribution in [-0.4, -0.2) is 30.8 Å². The van der Waals surface area contributed by atoms with E-state index >= 15 is 0 Å². The normalized spacial score (nSPS) is 13.5. The van der Waals surface area contributed by atoms with Gasteiger partial charge in [0.25, 0.3) is 0 Å². The molecular weight excluding hydrogens is 367 g/mol. The molecule has 0 aliphatic heterocycles. The summed E-state index contributed by atoms with van der Waals surface area (Å²) in [6.07, 6.45) is -5.21. The van der Waals surface area contributed by atoms with E-state index in [1.807, 2.05) is 0 Å². The summed E-state index contributed by atoms with van der Waals surface area (Å²) in [4.78, 5) is 22.2. The van der Waals surface area contributed by atoms with Crippen LogP contribution < -0.4 is 15.2 Å². The van der Waals surface area contributed by atoms with Crippen LogP contribution >= 0.6 is 0 Å². The van der Waals surface area contributed by atoms with Gasteiger partial charge in [-0.2, -0.15) is 0 Å². The zero-order valence-electron chi connectivity index (χ0n) is 14.1. The van der Waals surface area contributed by atoms with Crippen LogP contribution in [0.25, 0.3) is 11.1 Å². The number of halogens is 3. The van der Waals surface area contributed by atoms with Gasteiger partial charge in [-0.3, -0.25) is 4.79 Å². The largest absolute Gasteiger partial charge is 0.573 e. The molecule has 0 aliphatic carbocycles. The molecule has 0 radical (unpaired) electrons. The van der Waals surface area contributed by atoms with Crippen LogP contribution in [0.1, 0.15) is 12.0 Å². The second-order valence-corrected chi connectivity index (χ2v) is 5.69. The van der Waals surface area contributed by atoms with E-state index in [0.29, 0.717) is 11.8 Å². The number of carboxylic acid groups (broad SMARTS) is 1. The number of carboxylic acids is 1. The molecule has 0 heterocycles. The highest BCUT2D eigenvalue weighted by molar-refractivity contribution is 5.80. The molecule has 0 saturated carbocycles. The Morgan fingerprint density at radius 3 is 2.22 bits per heavy atom. The van der Waals surface area contributed by atoms with Crippen LogP contribution in [0.3, 0.4) is 0 Å². The Morgan fingerprint density at radius 2 is 1.74 bits per heavy atom. The van der Waals surface area contributed by atoms with Crippen molar-refractivity contribution in [2.75, 3.05) is 7.11 Å². The first-order valence-corrected chi connectivity index (χ1v) is 7.60. The van der Waals surface area contributed by atoms with E-state index in [1.54, 1.807) is 0 Å². The number of methoxy groups -OCH3 is 1. The monoisotopic (exact) mass is 383 g/mol. The Balaban J connectivity index is 2.51. The summed E-state index contributed by atoms with van der Waals surface area (Å²) in [5.74, 6) is -1.58. The van der Waals surface area contributed by atoms with Crippen LogP contribution in [0.4, 0.5) is 13.2 Å². The van der Waals surface area contributed by atoms with E-state index in [9.17, 15) is 22.8 Å². The third kappa shape index (κ3) is 4.76. The summed E-state index contributed by atoms with van der Waals surface area (Å²) >= 11 is 0. The zero-order chi connectivity index (χ0) is 20.2. The average Bonchev–Trinajstić information content (AvgIpc) is 2.59. The topological polar surface area (TPSA) is 98.9 Å². The predicted octanol–water partition coefficient (Wildman–Crippen LogP) is 3.09. The van der Waals surface area contributed by atoms with E-state index in [2.05, 4.69) is 4.74 Å². The smallest absolute Gasteiger partial charge is 0.496 e. The molecule has 2 rings (SSSR count). The summed E-state index contributed by atoms with van der Waals surface area (Å²) < 4.78 is 47.2. The van der Waals surface area contributed by atoms with Gasteiger partial charge in [-0.15, -0.1) is 13.2 Å². The van der Waals surface area contributed by atoms with Crippen molar-refractivity contribution in [2.24, 2.45) is 5.73 Å². The quantitative estimate of drug-likeness (QED) is 0.713. The fourth-order valence-electron chi connectivity index (χ4n) is 2.58. The van der Waals surface area contributed by atoms with Gasteiger partial charge in [0.1, 0.15) is 23.3 Å². The molecule has 0 spiro atoms. The number of nitrogens with two attached hydrogens (primary N) is 1. The van der Waals surface area contributed by atoms with Gasteiger partial charge in [0.05, 0.1) is 19.1 Å². The van der Waals surface area contributed by atoms with Crippen molar-refractivity contribution in [3.63, 3.8) is 0 Å². The molecule has 2 aromatic carbocycles. The maximum Gasteiger partial charge on any atom is 0.573 e. The lowest BCUT2D eigenvalue weighted by Gasteiger charge is -2.22. The van der Waals surface area contributed by atoms with Gasteiger partial charge in [-0.25, -0.2) is 0 Å². The van der Waals surface area contributed by atoms with Gasteiger partial charge < -0.3 is 25.1 Å². The Kier molecular flexibility index (Phi) is 5.75. The molecule has 27 heavy (non-hydrogen) atoms. The molecule has 2 aromatic rings. The standard InChI is InChI=1S/C18H16F3NO5/c1-26-13-3-2-4-14(27-18(19,20)21)16(13)11-5-7-12(8-6-11)17(22,10-23)9-15(24)25/h2-8,10H,9,22H2,1H3,(H,24,25)/t17-/m0/s1. The van der Waals surface area contributed by atoms with Gasteiger partial charge in [-0.1, -0.05) is 30.3 Å². The van der Waals surface area contributed by atoms with Crippen molar-refractivity contribution in [3.05, 3.63) is 48.0 Å². The lowest BCUT2D eigenvalue weighted by molar-refractivity contribution is -0.274. The molecule has 9 heteroatoms. The summed E-state index contributed by atoms with van der Waals surface area (Å²) in [6, 6.07) is 9.51. The van der Waals surface area contributed by atoms with Crippen LogP contribution in [0, 0.1) is 0 Å². The number of carbonyl (C=O) groups is 2. The summed E-state index contributed by atoms with van der Waals surface area (Å²) in [7, 11) is 1.30. The second kappa shape index (κ2) is 7.67. The molecule has 0 aromatic heterocycles. The lowest BCUT2D eigenvalue weighted by Crippen LogP contribution is -2.40. The highest BCUT2D eigenvalue weighted by Gasteiger charge is 2.33. The van der Waals surface area contributed by atoms with Crippen molar-refractivity contribution >= 4 is 12.3 Å². The molecular formula is C18H16F3NO5. The minimum absolute atomic E-state index is 0.0517. The molecule has 0 bridgehead atoms. The van der Waals surface area contributed by atoms with E-state index in [4.69, 9.17) is 15.6 Å². The van der Waals surface area contributed by atoms with E-state index < -0.39 is 30.0 Å². The van der Waals surface area contributed by atoms with Crippen LogP contribution in [0.2, 0.25) is 0 Å². The third-order valence-electron chi connectivity index (χ3n) is 3.80. The van der Waals surface area contributed by atoms with Gasteiger partial charge >= 0.3 is 12.3 Å². The van der Waals surface area contributed by atoms with Crippen molar-refractivity contribution in [1.29, 1.82) is 0 Å². The molecule has 0 fully saturated rings. The first-order chi connectivity index (χ1) is 12.6. The molecule has 1 atom stereocenters. The zero-order valence-corrected chi connectivity index (χ0v) is 14.1. The van der Waals surface area contributed by atoms with Crippen molar-refractivity contribution < 1.29 is 37.3 Å². The molecule has 0 saturated heterocycles. The molecule has 3 N–H and O–H groups in total. The SMILES string of the molecule is COc1cccc(OC(F)(F)F)c1-c1ccc([C@@](N)(C=O)CC(=O)O)cc1. The van der Waals surface area contributed by atoms with Crippen LogP contribution in [0.15, 0.2) is 42.5 Å². The minimum atomic E-state index is -4.90. The number of rotatable bonds is 7. The molecule has 0 amide bonds. The van der Waals surface area contributed by atoms with Crippen molar-refractivity contribution in [2.45, 2.75) is 18.3 Å². The number of ether oxygens (including phenoxy) is 2. The fourth-order valence-corrected chi connectivity index (χ4v) is 2.58. The molecule has 0 aliphatic rings. The van der Waals surface area contributed by atoms with E-state index in [-0.39, 0.29) is 16.9 Å². The summed E-state index contributed by atoms with van der Waals surface area (Å²) in [5.41, 5.74) is 4.64. The number of aldehydes is 1. The maximum absolute atomic E-state index is 12.7. The fraction of sp³-hybridized carbons (Fsp3) is 0.222.